The molecule has 2 aromatic rings. The van der Waals surface area contributed by atoms with Crippen LogP contribution in [0.2, 0.25) is 0 Å². The van der Waals surface area contributed by atoms with E-state index < -0.39 is 0 Å². The average molecular weight is 333 g/mol. The van der Waals surface area contributed by atoms with Crippen molar-refractivity contribution >= 4 is 5.97 Å². The fraction of sp³-hybridized carbons (Fsp3) is 0.455. The second-order valence-electron chi connectivity index (χ2n) is 8.33. The molecule has 3 nitrogen and oxygen atoms in total. The summed E-state index contributed by atoms with van der Waals surface area (Å²) >= 11 is 0. The van der Waals surface area contributed by atoms with Crippen LogP contribution in [-0.2, 0) is 5.41 Å². The Hall–Kier alpha value is -2.16. The fourth-order valence-electron chi connectivity index (χ4n) is 6.08. The monoisotopic (exact) mass is 333 g/mol. The van der Waals surface area contributed by atoms with Gasteiger partial charge in [-0.2, -0.15) is 0 Å². The number of nitrogens with zero attached hydrogens (tertiary/aromatic N) is 1. The first-order valence-electron chi connectivity index (χ1n) is 9.44. The lowest BCUT2D eigenvalue weighted by atomic mass is 9.48. The molecular formula is C22H23NO2. The van der Waals surface area contributed by atoms with Gasteiger partial charge in [-0.05, 0) is 79.9 Å². The first-order valence-corrected chi connectivity index (χ1v) is 9.44. The summed E-state index contributed by atoms with van der Waals surface area (Å²) in [6, 6.07) is 11.7. The van der Waals surface area contributed by atoms with E-state index in [4.69, 9.17) is 4.74 Å². The summed E-state index contributed by atoms with van der Waals surface area (Å²) in [4.78, 5) is 16.6. The molecule has 4 aliphatic carbocycles. The lowest BCUT2D eigenvalue weighted by molar-refractivity contribution is -0.00620. The maximum atomic E-state index is 12.5. The van der Waals surface area contributed by atoms with Crippen molar-refractivity contribution in [2.75, 3.05) is 0 Å². The zero-order valence-corrected chi connectivity index (χ0v) is 14.4. The molecule has 0 spiro atoms. The van der Waals surface area contributed by atoms with Crippen LogP contribution in [0.15, 0.2) is 48.8 Å². The molecule has 4 saturated carbocycles. The summed E-state index contributed by atoms with van der Waals surface area (Å²) in [5, 5.41) is 0. The molecule has 4 fully saturated rings. The molecule has 0 amide bonds. The standard InChI is InChI=1S/C22H23NO2/c24-21(18-4-3-7-23-14-18)25-20-6-2-1-5-19(20)22-11-15-8-16(12-22)10-17(9-15)13-22/h1-7,14-17H,8-13H2. The molecule has 0 saturated heterocycles. The highest BCUT2D eigenvalue weighted by Crippen LogP contribution is 2.61. The van der Waals surface area contributed by atoms with Crippen molar-refractivity contribution in [3.05, 3.63) is 59.9 Å². The van der Waals surface area contributed by atoms with Gasteiger partial charge in [0.05, 0.1) is 5.56 Å². The minimum Gasteiger partial charge on any atom is -0.423 e. The van der Waals surface area contributed by atoms with Crippen molar-refractivity contribution in [3.63, 3.8) is 0 Å². The molecular weight excluding hydrogens is 310 g/mol. The van der Waals surface area contributed by atoms with Crippen LogP contribution in [0, 0.1) is 17.8 Å². The molecule has 4 aliphatic rings. The Labute approximate surface area is 148 Å². The van der Waals surface area contributed by atoms with Crippen molar-refractivity contribution in [1.29, 1.82) is 0 Å². The third kappa shape index (κ3) is 2.57. The molecule has 128 valence electrons. The van der Waals surface area contributed by atoms with E-state index in [1.807, 2.05) is 12.1 Å². The Morgan fingerprint density at radius 2 is 1.64 bits per heavy atom. The number of rotatable bonds is 3. The van der Waals surface area contributed by atoms with Gasteiger partial charge >= 0.3 is 5.97 Å². The van der Waals surface area contributed by atoms with Gasteiger partial charge in [-0.3, -0.25) is 4.98 Å². The van der Waals surface area contributed by atoms with Crippen LogP contribution < -0.4 is 4.74 Å². The van der Waals surface area contributed by atoms with Gasteiger partial charge < -0.3 is 4.74 Å². The molecule has 0 aliphatic heterocycles. The highest BCUT2D eigenvalue weighted by molar-refractivity contribution is 5.90. The Balaban J connectivity index is 1.48. The van der Waals surface area contributed by atoms with E-state index in [1.165, 1.54) is 44.1 Å². The van der Waals surface area contributed by atoms with Gasteiger partial charge in [0.25, 0.3) is 0 Å². The summed E-state index contributed by atoms with van der Waals surface area (Å²) in [5.74, 6) is 3.04. The normalized spacial score (nSPS) is 32.6. The second kappa shape index (κ2) is 5.69. The van der Waals surface area contributed by atoms with E-state index in [2.05, 4.69) is 17.1 Å². The van der Waals surface area contributed by atoms with Gasteiger partial charge in [-0.25, -0.2) is 4.79 Å². The van der Waals surface area contributed by atoms with E-state index in [-0.39, 0.29) is 11.4 Å². The maximum Gasteiger partial charge on any atom is 0.345 e. The zero-order valence-electron chi connectivity index (χ0n) is 14.4. The minimum absolute atomic E-state index is 0.223. The van der Waals surface area contributed by atoms with Crippen molar-refractivity contribution in [3.8, 4) is 5.75 Å². The van der Waals surface area contributed by atoms with E-state index >= 15 is 0 Å². The fourth-order valence-corrected chi connectivity index (χ4v) is 6.08. The second-order valence-corrected chi connectivity index (χ2v) is 8.33. The van der Waals surface area contributed by atoms with E-state index in [0.29, 0.717) is 5.56 Å². The number of aromatic nitrogens is 1. The largest absolute Gasteiger partial charge is 0.423 e. The Kier molecular flexibility index (Phi) is 3.44. The molecule has 3 heteroatoms. The predicted molar refractivity (Wildman–Crippen MR) is 95.5 cm³/mol. The van der Waals surface area contributed by atoms with E-state index in [1.54, 1.807) is 24.5 Å². The summed E-state index contributed by atoms with van der Waals surface area (Å²) in [7, 11) is 0. The van der Waals surface area contributed by atoms with Crippen molar-refractivity contribution in [1.82, 2.24) is 4.98 Å². The van der Waals surface area contributed by atoms with Crippen LogP contribution in [0.4, 0.5) is 0 Å². The van der Waals surface area contributed by atoms with Crippen molar-refractivity contribution < 1.29 is 9.53 Å². The number of hydrogen-bond donors (Lipinski definition) is 0. The molecule has 0 atom stereocenters. The van der Waals surface area contributed by atoms with Gasteiger partial charge in [-0.15, -0.1) is 0 Å². The first kappa shape index (κ1) is 15.1. The lowest BCUT2D eigenvalue weighted by Gasteiger charge is -2.57. The molecule has 0 radical (unpaired) electrons. The minimum atomic E-state index is -0.315. The van der Waals surface area contributed by atoms with Gasteiger partial charge in [0, 0.05) is 18.0 Å². The number of para-hydroxylation sites is 1. The number of carbonyl (C=O) groups excluding carboxylic acids is 1. The van der Waals surface area contributed by atoms with Crippen LogP contribution >= 0.6 is 0 Å². The number of hydrogen-bond acceptors (Lipinski definition) is 3. The number of ether oxygens (including phenoxy) is 1. The molecule has 0 unspecified atom stereocenters. The highest BCUT2D eigenvalue weighted by Gasteiger charge is 2.52. The Morgan fingerprint density at radius 3 is 2.28 bits per heavy atom. The van der Waals surface area contributed by atoms with Gasteiger partial charge in [0.1, 0.15) is 5.75 Å². The van der Waals surface area contributed by atoms with Crippen LogP contribution in [-0.4, -0.2) is 11.0 Å². The zero-order chi connectivity index (χ0) is 16.9. The summed E-state index contributed by atoms with van der Waals surface area (Å²) in [5.41, 5.74) is 1.98. The lowest BCUT2D eigenvalue weighted by Crippen LogP contribution is -2.48. The van der Waals surface area contributed by atoms with Crippen LogP contribution in [0.3, 0.4) is 0 Å². The molecule has 1 aromatic carbocycles. The molecule has 1 aromatic heterocycles. The summed E-state index contributed by atoms with van der Waals surface area (Å²) in [6.45, 7) is 0. The third-order valence-corrected chi connectivity index (χ3v) is 6.60. The third-order valence-electron chi connectivity index (χ3n) is 6.60. The molecule has 25 heavy (non-hydrogen) atoms. The molecule has 6 rings (SSSR count). The van der Waals surface area contributed by atoms with E-state index in [0.717, 1.165) is 23.5 Å². The maximum absolute atomic E-state index is 12.5. The smallest absolute Gasteiger partial charge is 0.345 e. The molecule has 1 heterocycles. The van der Waals surface area contributed by atoms with Crippen molar-refractivity contribution in [2.24, 2.45) is 17.8 Å². The molecule has 0 N–H and O–H groups in total. The van der Waals surface area contributed by atoms with E-state index in [9.17, 15) is 4.79 Å². The summed E-state index contributed by atoms with van der Waals surface area (Å²) < 4.78 is 5.84. The quantitative estimate of drug-likeness (QED) is 0.600. The van der Waals surface area contributed by atoms with Gasteiger partial charge in [0.15, 0.2) is 0 Å². The Morgan fingerprint density at radius 1 is 0.960 bits per heavy atom. The summed E-state index contributed by atoms with van der Waals surface area (Å²) in [6.07, 6.45) is 11.3. The highest BCUT2D eigenvalue weighted by atomic mass is 16.5. The average Bonchev–Trinajstić information content (AvgIpc) is 2.62. The Bertz CT molecular complexity index is 763. The SMILES string of the molecule is O=C(Oc1ccccc1C12CC3CC(CC(C3)C1)C2)c1cccnc1. The number of benzene rings is 1. The van der Waals surface area contributed by atoms with Crippen molar-refractivity contribution in [2.45, 2.75) is 43.9 Å². The number of carbonyl (C=O) groups is 1. The van der Waals surface area contributed by atoms with Crippen LogP contribution in [0.25, 0.3) is 0 Å². The number of esters is 1. The first-order chi connectivity index (χ1) is 12.2. The van der Waals surface area contributed by atoms with Crippen LogP contribution in [0.5, 0.6) is 5.75 Å². The van der Waals surface area contributed by atoms with Gasteiger partial charge in [-0.1, -0.05) is 18.2 Å². The molecule has 4 bridgehead atoms. The van der Waals surface area contributed by atoms with Gasteiger partial charge in [0.2, 0.25) is 0 Å². The number of pyridine rings is 1. The van der Waals surface area contributed by atoms with Crippen LogP contribution in [0.1, 0.15) is 54.4 Å². The topological polar surface area (TPSA) is 39.2 Å². The predicted octanol–water partition coefficient (Wildman–Crippen LogP) is 4.77.